The number of benzene rings is 1. The molecule has 1 aromatic heterocycles. The van der Waals surface area contributed by atoms with E-state index in [-0.39, 0.29) is 0 Å². The molecule has 0 atom stereocenters. The van der Waals surface area contributed by atoms with E-state index >= 15 is 0 Å². The number of anilines is 2. The van der Waals surface area contributed by atoms with Crippen molar-refractivity contribution in [3.8, 4) is 0 Å². The topological polar surface area (TPSA) is 25.1 Å². The highest BCUT2D eigenvalue weighted by molar-refractivity contribution is 5.55. The second-order valence-electron chi connectivity index (χ2n) is 6.58. The largest absolute Gasteiger partial charge is 0.378 e. The lowest BCUT2D eigenvalue weighted by molar-refractivity contribution is -0.894. The fraction of sp³-hybridized carbons (Fsp3) is 0.350. The molecule has 0 spiro atoms. The van der Waals surface area contributed by atoms with Crippen LogP contribution in [-0.2, 0) is 0 Å². The van der Waals surface area contributed by atoms with Gasteiger partial charge in [-0.3, -0.25) is 4.90 Å². The summed E-state index contributed by atoms with van der Waals surface area (Å²) in [4.78, 5) is 9.55. The van der Waals surface area contributed by atoms with Crippen LogP contribution in [0.1, 0.15) is 5.56 Å². The molecule has 4 nitrogen and oxygen atoms in total. The van der Waals surface area contributed by atoms with Gasteiger partial charge in [0.15, 0.2) is 0 Å². The molecule has 1 saturated heterocycles. The van der Waals surface area contributed by atoms with Gasteiger partial charge in [-0.05, 0) is 29.8 Å². The van der Waals surface area contributed by atoms with Gasteiger partial charge in [0.05, 0.1) is 12.7 Å². The molecule has 0 unspecified atom stereocenters. The van der Waals surface area contributed by atoms with Crippen LogP contribution in [0.25, 0.3) is 6.08 Å². The van der Waals surface area contributed by atoms with Gasteiger partial charge in [0.25, 0.3) is 5.82 Å². The zero-order valence-corrected chi connectivity index (χ0v) is 14.7. The molecular weight excluding hydrogens is 296 g/mol. The third-order valence-electron chi connectivity index (χ3n) is 4.63. The number of piperazine rings is 1. The second kappa shape index (κ2) is 7.97. The number of aromatic amines is 1. The third kappa shape index (κ3) is 4.36. The van der Waals surface area contributed by atoms with Crippen LogP contribution in [0, 0.1) is 0 Å². The van der Waals surface area contributed by atoms with E-state index in [9.17, 15) is 0 Å². The molecule has 1 aliphatic heterocycles. The normalized spacial score (nSPS) is 15.8. The van der Waals surface area contributed by atoms with Crippen molar-refractivity contribution in [2.45, 2.75) is 0 Å². The van der Waals surface area contributed by atoms with E-state index in [0.29, 0.717) is 0 Å². The maximum Gasteiger partial charge on any atom is 0.274 e. The van der Waals surface area contributed by atoms with Crippen LogP contribution in [0.4, 0.5) is 11.5 Å². The molecule has 126 valence electrons. The van der Waals surface area contributed by atoms with Crippen molar-refractivity contribution in [3.63, 3.8) is 0 Å². The van der Waals surface area contributed by atoms with Gasteiger partial charge in [-0.2, -0.15) is 0 Å². The number of aromatic nitrogens is 1. The Labute approximate surface area is 145 Å². The van der Waals surface area contributed by atoms with Crippen LogP contribution in [0.2, 0.25) is 0 Å². The average Bonchev–Trinajstić information content (AvgIpc) is 2.63. The fourth-order valence-corrected chi connectivity index (χ4v) is 3.09. The monoisotopic (exact) mass is 324 g/mol. The molecular formula is C20H28N4+2. The van der Waals surface area contributed by atoms with Gasteiger partial charge in [0.2, 0.25) is 0 Å². The summed E-state index contributed by atoms with van der Waals surface area (Å²) in [6.07, 6.45) is 6.55. The molecule has 2 aromatic rings. The van der Waals surface area contributed by atoms with Crippen molar-refractivity contribution in [3.05, 3.63) is 60.3 Å². The Morgan fingerprint density at radius 2 is 1.83 bits per heavy atom. The highest BCUT2D eigenvalue weighted by Gasteiger charge is 2.24. The Bertz CT molecular complexity index is 641. The summed E-state index contributed by atoms with van der Waals surface area (Å²) >= 11 is 0. The zero-order chi connectivity index (χ0) is 16.8. The molecule has 0 bridgehead atoms. The number of H-pyrrole nitrogens is 1. The molecule has 2 N–H and O–H groups in total. The number of nitrogens with one attached hydrogen (secondary N) is 2. The summed E-state index contributed by atoms with van der Waals surface area (Å²) in [7, 11) is 4.14. The molecule has 3 rings (SSSR count). The van der Waals surface area contributed by atoms with Crippen LogP contribution in [0.15, 0.2) is 54.7 Å². The van der Waals surface area contributed by atoms with Crippen molar-refractivity contribution in [2.75, 3.05) is 56.6 Å². The predicted octanol–water partition coefficient (Wildman–Crippen LogP) is 0.985. The van der Waals surface area contributed by atoms with E-state index in [1.807, 2.05) is 12.3 Å². The van der Waals surface area contributed by atoms with Gasteiger partial charge in [-0.15, -0.1) is 0 Å². The molecule has 2 heterocycles. The lowest BCUT2D eigenvalue weighted by atomic mass is 10.2. The van der Waals surface area contributed by atoms with E-state index in [1.54, 1.807) is 4.90 Å². The lowest BCUT2D eigenvalue weighted by Gasteiger charge is -2.27. The molecule has 0 aliphatic carbocycles. The first-order chi connectivity index (χ1) is 11.7. The van der Waals surface area contributed by atoms with Gasteiger partial charge in [-0.1, -0.05) is 24.3 Å². The first-order valence-corrected chi connectivity index (χ1v) is 8.71. The van der Waals surface area contributed by atoms with Crippen molar-refractivity contribution in [1.29, 1.82) is 0 Å². The standard InChI is InChI=1S/C20H26N4/c1-22(2)19-10-8-18(9-11-19)6-5-13-23-14-16-24(17-15-23)20-7-3-4-12-21-20/h3-12H,13-17H2,1-2H3/p+2/b6-5+. The summed E-state index contributed by atoms with van der Waals surface area (Å²) in [6.45, 7) is 5.70. The molecule has 4 heteroatoms. The second-order valence-corrected chi connectivity index (χ2v) is 6.58. The van der Waals surface area contributed by atoms with Gasteiger partial charge in [-0.25, -0.2) is 4.98 Å². The van der Waals surface area contributed by atoms with E-state index in [1.165, 1.54) is 30.2 Å². The quantitative estimate of drug-likeness (QED) is 0.887. The summed E-state index contributed by atoms with van der Waals surface area (Å²) in [5, 5.41) is 0. The van der Waals surface area contributed by atoms with Gasteiger partial charge >= 0.3 is 0 Å². The van der Waals surface area contributed by atoms with E-state index < -0.39 is 0 Å². The lowest BCUT2D eigenvalue weighted by Crippen LogP contribution is -3.14. The minimum absolute atomic E-state index is 1.10. The van der Waals surface area contributed by atoms with Gasteiger partial charge in [0, 0.05) is 25.8 Å². The summed E-state index contributed by atoms with van der Waals surface area (Å²) < 4.78 is 0. The van der Waals surface area contributed by atoms with Gasteiger partial charge in [0.1, 0.15) is 26.2 Å². The van der Waals surface area contributed by atoms with Crippen LogP contribution < -0.4 is 19.7 Å². The maximum atomic E-state index is 3.33. The minimum atomic E-state index is 1.10. The summed E-state index contributed by atoms with van der Waals surface area (Å²) in [5.74, 6) is 1.23. The Hall–Kier alpha value is -2.33. The Kier molecular flexibility index (Phi) is 5.49. The molecule has 0 saturated carbocycles. The molecule has 0 radical (unpaired) electrons. The smallest absolute Gasteiger partial charge is 0.274 e. The van der Waals surface area contributed by atoms with Crippen LogP contribution in [-0.4, -0.2) is 46.8 Å². The number of nitrogens with zero attached hydrogens (tertiary/aromatic N) is 2. The minimum Gasteiger partial charge on any atom is -0.378 e. The SMILES string of the molecule is CN(C)c1ccc(/C=C/C[NH+]2CCN(c3cccc[nH+]3)CC2)cc1. The Balaban J connectivity index is 1.46. The molecule has 1 aliphatic rings. The van der Waals surface area contributed by atoms with E-state index in [2.05, 4.69) is 77.4 Å². The van der Waals surface area contributed by atoms with Crippen molar-refractivity contribution >= 4 is 17.6 Å². The summed E-state index contributed by atoms with van der Waals surface area (Å²) in [6, 6.07) is 15.0. The van der Waals surface area contributed by atoms with Gasteiger partial charge < -0.3 is 9.80 Å². The Morgan fingerprint density at radius 3 is 2.46 bits per heavy atom. The van der Waals surface area contributed by atoms with Crippen molar-refractivity contribution < 1.29 is 9.88 Å². The molecule has 0 amide bonds. The third-order valence-corrected chi connectivity index (χ3v) is 4.63. The fourth-order valence-electron chi connectivity index (χ4n) is 3.09. The van der Waals surface area contributed by atoms with E-state index in [0.717, 1.165) is 19.6 Å². The maximum absolute atomic E-state index is 3.33. The highest BCUT2D eigenvalue weighted by atomic mass is 15.3. The van der Waals surface area contributed by atoms with Crippen molar-refractivity contribution in [2.24, 2.45) is 0 Å². The van der Waals surface area contributed by atoms with Crippen LogP contribution in [0.3, 0.4) is 0 Å². The highest BCUT2D eigenvalue weighted by Crippen LogP contribution is 2.12. The number of pyridine rings is 1. The zero-order valence-electron chi connectivity index (χ0n) is 14.7. The number of hydrogen-bond acceptors (Lipinski definition) is 2. The van der Waals surface area contributed by atoms with Crippen molar-refractivity contribution in [1.82, 2.24) is 0 Å². The van der Waals surface area contributed by atoms with Crippen LogP contribution >= 0.6 is 0 Å². The first-order valence-electron chi connectivity index (χ1n) is 8.71. The summed E-state index contributed by atoms with van der Waals surface area (Å²) in [5.41, 5.74) is 2.52. The number of quaternary nitrogens is 1. The van der Waals surface area contributed by atoms with E-state index in [4.69, 9.17) is 0 Å². The Morgan fingerprint density at radius 1 is 1.08 bits per heavy atom. The molecule has 24 heavy (non-hydrogen) atoms. The molecule has 1 aromatic carbocycles. The first kappa shape index (κ1) is 16.5. The predicted molar refractivity (Wildman–Crippen MR) is 101 cm³/mol. The average molecular weight is 324 g/mol. The molecule has 1 fully saturated rings. The number of rotatable bonds is 5. The number of hydrogen-bond donors (Lipinski definition) is 1. The van der Waals surface area contributed by atoms with Crippen LogP contribution in [0.5, 0.6) is 0 Å².